The minimum atomic E-state index is 0.0989. The van der Waals surface area contributed by atoms with Crippen molar-refractivity contribution in [1.82, 2.24) is 15.0 Å². The summed E-state index contributed by atoms with van der Waals surface area (Å²) in [6.45, 7) is 3.79. The number of carbonyl (C=O) groups is 1. The van der Waals surface area contributed by atoms with Crippen LogP contribution < -0.4 is 0 Å². The number of piperazine rings is 1. The molecule has 25 heavy (non-hydrogen) atoms. The topological polar surface area (TPSA) is 62.7 Å². The first kappa shape index (κ1) is 15.7. The summed E-state index contributed by atoms with van der Waals surface area (Å²) in [7, 11) is 0. The molecule has 1 aromatic carbocycles. The van der Waals surface area contributed by atoms with Crippen LogP contribution in [-0.2, 0) is 6.54 Å². The molecule has 0 aliphatic carbocycles. The molecule has 1 fully saturated rings. The summed E-state index contributed by atoms with van der Waals surface area (Å²) in [5, 5.41) is 4.11. The van der Waals surface area contributed by atoms with Crippen molar-refractivity contribution in [1.29, 1.82) is 0 Å². The Labute approximate surface area is 145 Å². The summed E-state index contributed by atoms with van der Waals surface area (Å²) in [6, 6.07) is 15.0. The maximum Gasteiger partial charge on any atom is 0.253 e. The van der Waals surface area contributed by atoms with Gasteiger partial charge in [0.2, 0.25) is 5.76 Å². The van der Waals surface area contributed by atoms with Crippen LogP contribution in [0.2, 0.25) is 0 Å². The fourth-order valence-corrected chi connectivity index (χ4v) is 3.02. The lowest BCUT2D eigenvalue weighted by Gasteiger charge is -2.34. The minimum Gasteiger partial charge on any atom is -0.461 e. The van der Waals surface area contributed by atoms with Crippen molar-refractivity contribution in [2.75, 3.05) is 26.2 Å². The zero-order valence-corrected chi connectivity index (χ0v) is 13.8. The maximum absolute atomic E-state index is 12.5. The van der Waals surface area contributed by atoms with Crippen molar-refractivity contribution in [3.63, 3.8) is 0 Å². The Balaban J connectivity index is 1.33. The van der Waals surface area contributed by atoms with Gasteiger partial charge in [-0.15, -0.1) is 0 Å². The molecule has 3 aromatic rings. The monoisotopic (exact) mass is 337 g/mol. The van der Waals surface area contributed by atoms with E-state index < -0.39 is 0 Å². The van der Waals surface area contributed by atoms with E-state index in [1.54, 1.807) is 6.26 Å². The van der Waals surface area contributed by atoms with E-state index in [2.05, 4.69) is 10.1 Å². The molecule has 2 aromatic heterocycles. The number of nitrogens with zero attached hydrogens (tertiary/aromatic N) is 3. The maximum atomic E-state index is 12.5. The van der Waals surface area contributed by atoms with E-state index in [4.69, 9.17) is 8.94 Å². The van der Waals surface area contributed by atoms with Gasteiger partial charge >= 0.3 is 0 Å². The Morgan fingerprint density at radius 3 is 2.52 bits per heavy atom. The predicted molar refractivity (Wildman–Crippen MR) is 91.8 cm³/mol. The third-order valence-corrected chi connectivity index (χ3v) is 4.39. The fraction of sp³-hybridized carbons (Fsp3) is 0.263. The van der Waals surface area contributed by atoms with Crippen molar-refractivity contribution < 1.29 is 13.7 Å². The van der Waals surface area contributed by atoms with Gasteiger partial charge in [-0.2, -0.15) is 0 Å². The molecule has 1 aliphatic rings. The van der Waals surface area contributed by atoms with E-state index in [1.165, 1.54) is 0 Å². The van der Waals surface area contributed by atoms with E-state index in [0.717, 1.165) is 37.4 Å². The predicted octanol–water partition coefficient (Wildman–Crippen LogP) is 2.89. The van der Waals surface area contributed by atoms with E-state index in [0.29, 0.717) is 18.1 Å². The lowest BCUT2D eigenvalue weighted by atomic mass is 10.2. The second-order valence-electron chi connectivity index (χ2n) is 6.09. The molecular formula is C19H19N3O3. The van der Waals surface area contributed by atoms with Crippen LogP contribution in [0.3, 0.4) is 0 Å². The van der Waals surface area contributed by atoms with Crippen molar-refractivity contribution in [3.8, 4) is 11.5 Å². The average molecular weight is 337 g/mol. The molecule has 0 N–H and O–H groups in total. The summed E-state index contributed by atoms with van der Waals surface area (Å²) in [6.07, 6.45) is 1.61. The van der Waals surface area contributed by atoms with Crippen LogP contribution in [0, 0.1) is 0 Å². The van der Waals surface area contributed by atoms with Crippen LogP contribution in [0.5, 0.6) is 0 Å². The Kier molecular flexibility index (Phi) is 4.35. The van der Waals surface area contributed by atoms with Crippen LogP contribution in [0.4, 0.5) is 0 Å². The second kappa shape index (κ2) is 6.94. The first-order valence-corrected chi connectivity index (χ1v) is 8.36. The highest BCUT2D eigenvalue weighted by Gasteiger charge is 2.23. The first-order valence-electron chi connectivity index (χ1n) is 8.36. The number of rotatable bonds is 4. The highest BCUT2D eigenvalue weighted by Crippen LogP contribution is 2.21. The number of benzene rings is 1. The largest absolute Gasteiger partial charge is 0.461 e. The van der Waals surface area contributed by atoms with E-state index in [-0.39, 0.29) is 5.91 Å². The van der Waals surface area contributed by atoms with Crippen LogP contribution in [0.1, 0.15) is 16.1 Å². The van der Waals surface area contributed by atoms with Gasteiger partial charge in [0.15, 0.2) is 5.76 Å². The molecule has 3 heterocycles. The highest BCUT2D eigenvalue weighted by molar-refractivity contribution is 5.94. The molecule has 0 unspecified atom stereocenters. The molecule has 0 radical (unpaired) electrons. The van der Waals surface area contributed by atoms with Gasteiger partial charge in [-0.3, -0.25) is 9.69 Å². The second-order valence-corrected chi connectivity index (χ2v) is 6.09. The fourth-order valence-electron chi connectivity index (χ4n) is 3.02. The number of amides is 1. The minimum absolute atomic E-state index is 0.0989. The van der Waals surface area contributed by atoms with Crippen LogP contribution >= 0.6 is 0 Å². The van der Waals surface area contributed by atoms with Gasteiger partial charge in [-0.25, -0.2) is 0 Å². The number of hydrogen-bond acceptors (Lipinski definition) is 5. The van der Waals surface area contributed by atoms with Crippen molar-refractivity contribution >= 4 is 5.91 Å². The Morgan fingerprint density at radius 2 is 1.80 bits per heavy atom. The number of hydrogen-bond donors (Lipinski definition) is 0. The van der Waals surface area contributed by atoms with E-state index >= 15 is 0 Å². The molecule has 4 rings (SSSR count). The lowest BCUT2D eigenvalue weighted by Crippen LogP contribution is -2.48. The molecule has 1 aliphatic heterocycles. The SMILES string of the molecule is O=C(c1ccccc1)N1CCN(Cc2cc(-c3ccco3)on2)CC1. The molecule has 0 saturated carbocycles. The highest BCUT2D eigenvalue weighted by atomic mass is 16.5. The number of furan rings is 1. The van der Waals surface area contributed by atoms with E-state index in [9.17, 15) is 4.79 Å². The molecular weight excluding hydrogens is 318 g/mol. The molecule has 0 atom stereocenters. The first-order chi connectivity index (χ1) is 12.3. The smallest absolute Gasteiger partial charge is 0.253 e. The van der Waals surface area contributed by atoms with Crippen molar-refractivity contribution in [2.45, 2.75) is 6.54 Å². The molecule has 128 valence electrons. The van der Waals surface area contributed by atoms with Crippen LogP contribution in [0.25, 0.3) is 11.5 Å². The third-order valence-electron chi connectivity index (χ3n) is 4.39. The van der Waals surface area contributed by atoms with Crippen LogP contribution in [0.15, 0.2) is 63.7 Å². The van der Waals surface area contributed by atoms with Gasteiger partial charge in [-0.1, -0.05) is 23.4 Å². The summed E-state index contributed by atoms with van der Waals surface area (Å²) in [5.74, 6) is 1.41. The zero-order valence-electron chi connectivity index (χ0n) is 13.8. The van der Waals surface area contributed by atoms with Gasteiger partial charge in [0.25, 0.3) is 5.91 Å². The van der Waals surface area contributed by atoms with Gasteiger partial charge in [0.1, 0.15) is 0 Å². The number of aromatic nitrogens is 1. The normalized spacial score (nSPS) is 15.4. The molecule has 1 saturated heterocycles. The van der Waals surface area contributed by atoms with E-state index in [1.807, 2.05) is 53.4 Å². The zero-order chi connectivity index (χ0) is 17.1. The molecule has 6 nitrogen and oxygen atoms in total. The molecule has 0 bridgehead atoms. The van der Waals surface area contributed by atoms with Crippen molar-refractivity contribution in [3.05, 3.63) is 66.1 Å². The molecule has 0 spiro atoms. The standard InChI is InChI=1S/C19H19N3O3/c23-19(15-5-2-1-3-6-15)22-10-8-21(9-11-22)14-16-13-18(25-20-16)17-7-4-12-24-17/h1-7,12-13H,8-11,14H2. The van der Waals surface area contributed by atoms with Gasteiger partial charge in [0.05, 0.1) is 12.0 Å². The van der Waals surface area contributed by atoms with Crippen LogP contribution in [-0.4, -0.2) is 47.0 Å². The summed E-state index contributed by atoms with van der Waals surface area (Å²) < 4.78 is 10.6. The average Bonchev–Trinajstić information content (AvgIpc) is 3.34. The summed E-state index contributed by atoms with van der Waals surface area (Å²) in [5.41, 5.74) is 1.62. The Hall–Kier alpha value is -2.86. The quantitative estimate of drug-likeness (QED) is 0.732. The number of carbonyl (C=O) groups excluding carboxylic acids is 1. The van der Waals surface area contributed by atoms with Crippen molar-refractivity contribution in [2.24, 2.45) is 0 Å². The Bertz CT molecular complexity index is 819. The van der Waals surface area contributed by atoms with Gasteiger partial charge < -0.3 is 13.8 Å². The van der Waals surface area contributed by atoms with Gasteiger partial charge in [-0.05, 0) is 24.3 Å². The third kappa shape index (κ3) is 3.49. The van der Waals surface area contributed by atoms with Gasteiger partial charge in [0, 0.05) is 44.4 Å². The summed E-state index contributed by atoms with van der Waals surface area (Å²) >= 11 is 0. The lowest BCUT2D eigenvalue weighted by molar-refractivity contribution is 0.0625. The summed E-state index contributed by atoms with van der Waals surface area (Å²) in [4.78, 5) is 16.7. The molecule has 6 heteroatoms. The molecule has 1 amide bonds. The Morgan fingerprint density at radius 1 is 1.00 bits per heavy atom.